The van der Waals surface area contributed by atoms with Crippen molar-refractivity contribution in [2.75, 3.05) is 0 Å². The van der Waals surface area contributed by atoms with Crippen LogP contribution in [0.2, 0.25) is 0 Å². The lowest BCUT2D eigenvalue weighted by atomic mass is 9.87. The number of hydrogen-bond acceptors (Lipinski definition) is 1. The van der Waals surface area contributed by atoms with Crippen LogP contribution in [0.4, 0.5) is 0 Å². The molecule has 2 aromatic carbocycles. The van der Waals surface area contributed by atoms with Crippen LogP contribution in [-0.4, -0.2) is 11.1 Å². The van der Waals surface area contributed by atoms with Gasteiger partial charge in [0, 0.05) is 0 Å². The van der Waals surface area contributed by atoms with Crippen molar-refractivity contribution in [1.82, 2.24) is 0 Å². The van der Waals surface area contributed by atoms with Gasteiger partial charge in [-0.2, -0.15) is 0 Å². The summed E-state index contributed by atoms with van der Waals surface area (Å²) in [4.78, 5) is 11.7. The van der Waals surface area contributed by atoms with Crippen molar-refractivity contribution in [1.29, 1.82) is 0 Å². The lowest BCUT2D eigenvalue weighted by molar-refractivity contribution is -0.142. The van der Waals surface area contributed by atoms with E-state index in [0.717, 1.165) is 24.8 Å². The van der Waals surface area contributed by atoms with Gasteiger partial charge in [-0.05, 0) is 62.0 Å². The Labute approximate surface area is 144 Å². The lowest BCUT2D eigenvalue weighted by Crippen LogP contribution is -2.19. The van der Waals surface area contributed by atoms with Crippen molar-refractivity contribution in [2.24, 2.45) is 11.8 Å². The van der Waals surface area contributed by atoms with E-state index in [1.54, 1.807) is 0 Å². The van der Waals surface area contributed by atoms with E-state index in [1.165, 1.54) is 17.5 Å². The third kappa shape index (κ3) is 4.25. The number of aryl methyl sites for hydroxylation is 1. The van der Waals surface area contributed by atoms with Crippen LogP contribution < -0.4 is 0 Å². The zero-order valence-corrected chi connectivity index (χ0v) is 14.3. The highest BCUT2D eigenvalue weighted by atomic mass is 16.4. The van der Waals surface area contributed by atoms with E-state index in [4.69, 9.17) is 0 Å². The summed E-state index contributed by atoms with van der Waals surface area (Å²) in [7, 11) is 0. The van der Waals surface area contributed by atoms with Crippen LogP contribution in [0.5, 0.6) is 0 Å². The summed E-state index contributed by atoms with van der Waals surface area (Å²) in [6, 6.07) is 18.8. The summed E-state index contributed by atoms with van der Waals surface area (Å²) in [6.07, 6.45) is 4.90. The number of carboxylic acid groups (broad SMARTS) is 1. The van der Waals surface area contributed by atoms with Crippen LogP contribution in [0, 0.1) is 18.8 Å². The molecule has 1 aliphatic rings. The molecule has 2 nitrogen and oxygen atoms in total. The Morgan fingerprint density at radius 1 is 1.08 bits per heavy atom. The summed E-state index contributed by atoms with van der Waals surface area (Å²) in [5, 5.41) is 9.61. The SMILES string of the molecule is Cc1ccc(C2CCC(CC(Cc3ccccc3)C(=O)O)C2)cc1. The largest absolute Gasteiger partial charge is 0.481 e. The Hall–Kier alpha value is -2.09. The third-order valence-corrected chi connectivity index (χ3v) is 5.38. The zero-order valence-electron chi connectivity index (χ0n) is 14.3. The van der Waals surface area contributed by atoms with E-state index in [1.807, 2.05) is 30.3 Å². The van der Waals surface area contributed by atoms with Gasteiger partial charge in [-0.15, -0.1) is 0 Å². The highest BCUT2D eigenvalue weighted by Crippen LogP contribution is 2.41. The van der Waals surface area contributed by atoms with E-state index in [9.17, 15) is 9.90 Å². The predicted molar refractivity (Wildman–Crippen MR) is 97.1 cm³/mol. The Bertz CT molecular complexity index is 660. The van der Waals surface area contributed by atoms with Gasteiger partial charge < -0.3 is 5.11 Å². The number of aliphatic carboxylic acids is 1. The van der Waals surface area contributed by atoms with E-state index in [0.29, 0.717) is 18.3 Å². The van der Waals surface area contributed by atoms with Crippen LogP contribution in [-0.2, 0) is 11.2 Å². The first-order valence-electron chi connectivity index (χ1n) is 8.95. The Morgan fingerprint density at radius 3 is 2.46 bits per heavy atom. The molecule has 1 aliphatic carbocycles. The second-order valence-corrected chi connectivity index (χ2v) is 7.25. The molecule has 3 atom stereocenters. The first kappa shape index (κ1) is 16.8. The van der Waals surface area contributed by atoms with Crippen molar-refractivity contribution in [2.45, 2.75) is 44.9 Å². The van der Waals surface area contributed by atoms with Crippen LogP contribution in [0.1, 0.15) is 48.3 Å². The number of carbonyl (C=O) groups is 1. The van der Waals surface area contributed by atoms with Crippen LogP contribution >= 0.6 is 0 Å². The summed E-state index contributed by atoms with van der Waals surface area (Å²) >= 11 is 0. The second kappa shape index (κ2) is 7.65. The minimum absolute atomic E-state index is 0.269. The molecular weight excluding hydrogens is 296 g/mol. The molecule has 0 amide bonds. The summed E-state index contributed by atoms with van der Waals surface area (Å²) in [5.74, 6) is 0.203. The predicted octanol–water partition coefficient (Wildman–Crippen LogP) is 5.21. The quantitative estimate of drug-likeness (QED) is 0.792. The molecule has 0 heterocycles. The van der Waals surface area contributed by atoms with Gasteiger partial charge in [-0.3, -0.25) is 4.79 Å². The molecule has 24 heavy (non-hydrogen) atoms. The normalized spacial score (nSPS) is 21.5. The minimum Gasteiger partial charge on any atom is -0.481 e. The molecule has 126 valence electrons. The summed E-state index contributed by atoms with van der Waals surface area (Å²) < 4.78 is 0. The Balaban J connectivity index is 1.60. The monoisotopic (exact) mass is 322 g/mol. The zero-order chi connectivity index (χ0) is 16.9. The molecule has 1 fully saturated rings. The van der Waals surface area contributed by atoms with Gasteiger partial charge in [0.05, 0.1) is 5.92 Å². The second-order valence-electron chi connectivity index (χ2n) is 7.25. The molecule has 2 heteroatoms. The van der Waals surface area contributed by atoms with Gasteiger partial charge in [-0.25, -0.2) is 0 Å². The van der Waals surface area contributed by atoms with E-state index in [-0.39, 0.29) is 5.92 Å². The van der Waals surface area contributed by atoms with Crippen molar-refractivity contribution < 1.29 is 9.90 Å². The van der Waals surface area contributed by atoms with Crippen molar-refractivity contribution in [3.05, 3.63) is 71.3 Å². The van der Waals surface area contributed by atoms with Crippen LogP contribution in [0.15, 0.2) is 54.6 Å². The molecule has 0 bridgehead atoms. The fourth-order valence-electron chi connectivity index (χ4n) is 4.00. The fraction of sp³-hybridized carbons (Fsp3) is 0.409. The molecule has 0 aliphatic heterocycles. The minimum atomic E-state index is -0.655. The summed E-state index contributed by atoms with van der Waals surface area (Å²) in [5.41, 5.74) is 3.83. The Morgan fingerprint density at radius 2 is 1.79 bits per heavy atom. The first-order valence-corrected chi connectivity index (χ1v) is 8.95. The van der Waals surface area contributed by atoms with Gasteiger partial charge in [0.1, 0.15) is 0 Å². The van der Waals surface area contributed by atoms with Gasteiger partial charge in [0.15, 0.2) is 0 Å². The average Bonchev–Trinajstić information content (AvgIpc) is 3.04. The number of hydrogen-bond donors (Lipinski definition) is 1. The molecular formula is C22H26O2. The molecule has 3 unspecified atom stereocenters. The summed E-state index contributed by atoms with van der Waals surface area (Å²) in [6.45, 7) is 2.11. The highest BCUT2D eigenvalue weighted by Gasteiger charge is 2.30. The van der Waals surface area contributed by atoms with Gasteiger partial charge in [0.2, 0.25) is 0 Å². The molecule has 0 radical (unpaired) electrons. The number of rotatable bonds is 6. The topological polar surface area (TPSA) is 37.3 Å². The maximum Gasteiger partial charge on any atom is 0.306 e. The van der Waals surface area contributed by atoms with Gasteiger partial charge >= 0.3 is 5.97 Å². The molecule has 1 saturated carbocycles. The van der Waals surface area contributed by atoms with E-state index < -0.39 is 5.97 Å². The van der Waals surface area contributed by atoms with Crippen molar-refractivity contribution in [3.8, 4) is 0 Å². The van der Waals surface area contributed by atoms with Crippen molar-refractivity contribution >= 4 is 5.97 Å². The van der Waals surface area contributed by atoms with Crippen LogP contribution in [0.3, 0.4) is 0 Å². The Kier molecular flexibility index (Phi) is 5.34. The van der Waals surface area contributed by atoms with E-state index >= 15 is 0 Å². The number of carboxylic acids is 1. The third-order valence-electron chi connectivity index (χ3n) is 5.38. The van der Waals surface area contributed by atoms with Gasteiger partial charge in [-0.1, -0.05) is 60.2 Å². The molecule has 1 N–H and O–H groups in total. The standard InChI is InChI=1S/C22H26O2/c1-16-7-10-19(11-8-16)20-12-9-18(14-20)15-21(22(23)24)13-17-5-3-2-4-6-17/h2-8,10-11,18,20-21H,9,12-15H2,1H3,(H,23,24). The van der Waals surface area contributed by atoms with Crippen LogP contribution in [0.25, 0.3) is 0 Å². The van der Waals surface area contributed by atoms with E-state index in [2.05, 4.69) is 31.2 Å². The molecule has 0 spiro atoms. The molecule has 0 saturated heterocycles. The molecule has 0 aromatic heterocycles. The van der Waals surface area contributed by atoms with Crippen molar-refractivity contribution in [3.63, 3.8) is 0 Å². The number of benzene rings is 2. The fourth-order valence-corrected chi connectivity index (χ4v) is 4.00. The smallest absolute Gasteiger partial charge is 0.306 e. The first-order chi connectivity index (χ1) is 11.6. The van der Waals surface area contributed by atoms with Gasteiger partial charge in [0.25, 0.3) is 0 Å². The maximum absolute atomic E-state index is 11.7. The maximum atomic E-state index is 11.7. The average molecular weight is 322 g/mol. The lowest BCUT2D eigenvalue weighted by Gasteiger charge is -2.17. The molecule has 3 rings (SSSR count). The highest BCUT2D eigenvalue weighted by molar-refractivity contribution is 5.70. The molecule has 2 aromatic rings.